The number of rotatable bonds is 5. The second-order valence-corrected chi connectivity index (χ2v) is 3.94. The Morgan fingerprint density at radius 3 is 2.75 bits per heavy atom. The smallest absolute Gasteiger partial charge is 0.320 e. The monoisotopic (exact) mass is 278 g/mol. The highest BCUT2D eigenvalue weighted by Crippen LogP contribution is 2.06. The maximum Gasteiger partial charge on any atom is 0.320 e. The minimum absolute atomic E-state index is 0.229. The summed E-state index contributed by atoms with van der Waals surface area (Å²) in [5.74, 6) is 0.836. The predicted octanol–water partition coefficient (Wildman–Crippen LogP) is 1.13. The lowest BCUT2D eigenvalue weighted by Gasteiger charge is -2.05. The lowest BCUT2D eigenvalue weighted by atomic mass is 10.4. The molecule has 0 unspecified atom stereocenters. The molecule has 0 bridgehead atoms. The standard InChI is InChI=1S/C12H14N4O4/c1-8-7-10(16-20-8)15-12(18)14-5-4-13-11(17)9-3-2-6-19-9/h2-3,6-7H,4-5H2,1H3,(H,13,17)(H2,14,15,16,18). The van der Waals surface area contributed by atoms with Crippen molar-refractivity contribution in [3.8, 4) is 0 Å². The van der Waals surface area contributed by atoms with E-state index in [4.69, 9.17) is 8.94 Å². The molecular weight excluding hydrogens is 264 g/mol. The van der Waals surface area contributed by atoms with Crippen LogP contribution in [-0.4, -0.2) is 30.2 Å². The van der Waals surface area contributed by atoms with E-state index in [0.29, 0.717) is 11.6 Å². The third-order valence-corrected chi connectivity index (χ3v) is 2.31. The van der Waals surface area contributed by atoms with E-state index in [-0.39, 0.29) is 24.8 Å². The molecule has 2 aromatic heterocycles. The molecule has 0 aromatic carbocycles. The number of carbonyl (C=O) groups is 2. The molecule has 0 fully saturated rings. The molecule has 106 valence electrons. The molecule has 0 spiro atoms. The Morgan fingerprint density at radius 1 is 1.30 bits per heavy atom. The predicted molar refractivity (Wildman–Crippen MR) is 69.3 cm³/mol. The number of aromatic nitrogens is 1. The SMILES string of the molecule is Cc1cc(NC(=O)NCCNC(=O)c2ccco2)no1. The number of urea groups is 1. The molecule has 0 aliphatic heterocycles. The number of carbonyl (C=O) groups excluding carboxylic acids is 2. The number of nitrogens with one attached hydrogen (secondary N) is 3. The summed E-state index contributed by atoms with van der Waals surface area (Å²) in [4.78, 5) is 22.9. The van der Waals surface area contributed by atoms with Crippen LogP contribution in [0.2, 0.25) is 0 Å². The van der Waals surface area contributed by atoms with Crippen LogP contribution in [0.4, 0.5) is 10.6 Å². The van der Waals surface area contributed by atoms with Crippen LogP contribution in [0.1, 0.15) is 16.3 Å². The van der Waals surface area contributed by atoms with Gasteiger partial charge in [-0.1, -0.05) is 5.16 Å². The van der Waals surface area contributed by atoms with Gasteiger partial charge in [0, 0.05) is 19.2 Å². The Morgan fingerprint density at radius 2 is 2.10 bits per heavy atom. The number of amides is 3. The Bertz CT molecular complexity index is 576. The van der Waals surface area contributed by atoms with Gasteiger partial charge in [-0.3, -0.25) is 10.1 Å². The van der Waals surface area contributed by atoms with Crippen LogP contribution in [0.25, 0.3) is 0 Å². The Labute approximate surface area is 114 Å². The van der Waals surface area contributed by atoms with Gasteiger partial charge in [0.1, 0.15) is 5.76 Å². The van der Waals surface area contributed by atoms with E-state index in [1.54, 1.807) is 25.1 Å². The third-order valence-electron chi connectivity index (χ3n) is 2.31. The second-order valence-electron chi connectivity index (χ2n) is 3.94. The summed E-state index contributed by atoms with van der Waals surface area (Å²) in [6, 6.07) is 4.35. The first-order chi connectivity index (χ1) is 9.65. The fourth-order valence-electron chi connectivity index (χ4n) is 1.43. The molecule has 3 N–H and O–H groups in total. The summed E-state index contributed by atoms with van der Waals surface area (Å²) < 4.78 is 9.73. The fourth-order valence-corrected chi connectivity index (χ4v) is 1.43. The largest absolute Gasteiger partial charge is 0.459 e. The zero-order valence-corrected chi connectivity index (χ0v) is 10.8. The summed E-state index contributed by atoms with van der Waals surface area (Å²) in [6.07, 6.45) is 1.42. The van der Waals surface area contributed by atoms with Crippen molar-refractivity contribution in [1.82, 2.24) is 15.8 Å². The first-order valence-corrected chi connectivity index (χ1v) is 5.95. The third kappa shape index (κ3) is 3.87. The highest BCUT2D eigenvalue weighted by Gasteiger charge is 2.08. The first-order valence-electron chi connectivity index (χ1n) is 5.95. The minimum atomic E-state index is -0.425. The maximum absolute atomic E-state index is 11.5. The van der Waals surface area contributed by atoms with Gasteiger partial charge in [-0.25, -0.2) is 4.79 Å². The molecule has 0 radical (unpaired) electrons. The van der Waals surface area contributed by atoms with Crippen molar-refractivity contribution in [1.29, 1.82) is 0 Å². The molecule has 2 heterocycles. The van der Waals surface area contributed by atoms with Crippen molar-refractivity contribution in [2.24, 2.45) is 0 Å². The highest BCUT2D eigenvalue weighted by molar-refractivity contribution is 5.91. The van der Waals surface area contributed by atoms with Crippen LogP contribution in [0.3, 0.4) is 0 Å². The maximum atomic E-state index is 11.5. The minimum Gasteiger partial charge on any atom is -0.459 e. The number of nitrogens with zero attached hydrogens (tertiary/aromatic N) is 1. The van der Waals surface area contributed by atoms with Gasteiger partial charge in [0.2, 0.25) is 0 Å². The van der Waals surface area contributed by atoms with E-state index < -0.39 is 6.03 Å². The van der Waals surface area contributed by atoms with Gasteiger partial charge >= 0.3 is 6.03 Å². The molecule has 2 aromatic rings. The molecule has 3 amide bonds. The first kappa shape index (κ1) is 13.7. The van der Waals surface area contributed by atoms with Crippen molar-refractivity contribution >= 4 is 17.8 Å². The van der Waals surface area contributed by atoms with E-state index in [9.17, 15) is 9.59 Å². The number of hydrogen-bond acceptors (Lipinski definition) is 5. The zero-order valence-electron chi connectivity index (χ0n) is 10.8. The summed E-state index contributed by atoms with van der Waals surface area (Å²) in [7, 11) is 0. The Balaban J connectivity index is 1.63. The van der Waals surface area contributed by atoms with E-state index >= 15 is 0 Å². The lowest BCUT2D eigenvalue weighted by Crippen LogP contribution is -2.36. The van der Waals surface area contributed by atoms with E-state index in [2.05, 4.69) is 21.1 Å². The van der Waals surface area contributed by atoms with Crippen molar-refractivity contribution < 1.29 is 18.5 Å². The van der Waals surface area contributed by atoms with Crippen LogP contribution in [0.15, 0.2) is 33.4 Å². The average Bonchev–Trinajstić information content (AvgIpc) is 3.06. The van der Waals surface area contributed by atoms with E-state index in [1.807, 2.05) is 0 Å². The summed E-state index contributed by atoms with van der Waals surface area (Å²) >= 11 is 0. The van der Waals surface area contributed by atoms with Gasteiger partial charge in [-0.05, 0) is 19.1 Å². The number of furan rings is 1. The van der Waals surface area contributed by atoms with Gasteiger partial charge in [-0.15, -0.1) is 0 Å². The molecule has 20 heavy (non-hydrogen) atoms. The van der Waals surface area contributed by atoms with Gasteiger partial charge in [-0.2, -0.15) is 0 Å². The van der Waals surface area contributed by atoms with Crippen molar-refractivity contribution in [3.05, 3.63) is 36.0 Å². The average molecular weight is 278 g/mol. The van der Waals surface area contributed by atoms with Gasteiger partial charge in [0.05, 0.1) is 6.26 Å². The van der Waals surface area contributed by atoms with Crippen LogP contribution < -0.4 is 16.0 Å². The molecule has 2 rings (SSSR count). The van der Waals surface area contributed by atoms with Crippen molar-refractivity contribution in [2.45, 2.75) is 6.92 Å². The van der Waals surface area contributed by atoms with E-state index in [1.165, 1.54) is 6.26 Å². The molecule has 8 heteroatoms. The highest BCUT2D eigenvalue weighted by atomic mass is 16.5. The molecule has 0 aliphatic carbocycles. The molecule has 0 atom stereocenters. The topological polar surface area (TPSA) is 109 Å². The number of hydrogen-bond donors (Lipinski definition) is 3. The summed E-state index contributed by atoms with van der Waals surface area (Å²) in [6.45, 7) is 2.28. The lowest BCUT2D eigenvalue weighted by molar-refractivity contribution is 0.0926. The fraction of sp³-hybridized carbons (Fsp3) is 0.250. The molecule has 0 saturated carbocycles. The zero-order chi connectivity index (χ0) is 14.4. The van der Waals surface area contributed by atoms with Crippen molar-refractivity contribution in [2.75, 3.05) is 18.4 Å². The Kier molecular flexibility index (Phi) is 4.38. The van der Waals surface area contributed by atoms with Gasteiger partial charge in [0.25, 0.3) is 5.91 Å². The Hall–Kier alpha value is -2.77. The summed E-state index contributed by atoms with van der Waals surface area (Å²) in [5.41, 5.74) is 0. The summed E-state index contributed by atoms with van der Waals surface area (Å²) in [5, 5.41) is 11.3. The van der Waals surface area contributed by atoms with E-state index in [0.717, 1.165) is 0 Å². The number of aryl methyl sites for hydroxylation is 1. The molecule has 8 nitrogen and oxygen atoms in total. The normalized spacial score (nSPS) is 10.1. The van der Waals surface area contributed by atoms with Crippen LogP contribution in [0, 0.1) is 6.92 Å². The molecule has 0 saturated heterocycles. The van der Waals surface area contributed by atoms with Crippen LogP contribution >= 0.6 is 0 Å². The molecule has 0 aliphatic rings. The quantitative estimate of drug-likeness (QED) is 0.710. The molecular formula is C12H14N4O4. The van der Waals surface area contributed by atoms with Crippen LogP contribution in [0.5, 0.6) is 0 Å². The van der Waals surface area contributed by atoms with Crippen LogP contribution in [-0.2, 0) is 0 Å². The van der Waals surface area contributed by atoms with Crippen molar-refractivity contribution in [3.63, 3.8) is 0 Å². The number of anilines is 1. The van der Waals surface area contributed by atoms with Gasteiger partial charge in [0.15, 0.2) is 11.6 Å². The second kappa shape index (κ2) is 6.41. The van der Waals surface area contributed by atoms with Gasteiger partial charge < -0.3 is 19.6 Å².